The molecule has 9 nitrogen and oxygen atoms in total. The summed E-state index contributed by atoms with van der Waals surface area (Å²) in [5.41, 5.74) is 2.37. The summed E-state index contributed by atoms with van der Waals surface area (Å²) in [4.78, 5) is 28.1. The molecule has 3 heterocycles. The summed E-state index contributed by atoms with van der Waals surface area (Å²) >= 11 is 6.13. The summed E-state index contributed by atoms with van der Waals surface area (Å²) in [5, 5.41) is 16.7. The first-order chi connectivity index (χ1) is 15.0. The third-order valence-electron chi connectivity index (χ3n) is 5.16. The van der Waals surface area contributed by atoms with Crippen molar-refractivity contribution in [1.29, 1.82) is 0 Å². The minimum Gasteiger partial charge on any atom is -0.367 e. The number of urea groups is 1. The lowest BCUT2D eigenvalue weighted by Crippen LogP contribution is -2.22. The SMILES string of the molecule is CC(Nc1cc(NC2CC2)n2ncc(/C=C3/NC(=O)NC3=O)c2n1)c1cccc(Cl)c1. The van der Waals surface area contributed by atoms with Crippen molar-refractivity contribution < 1.29 is 9.59 Å². The molecular formula is C21H20ClN7O2. The Hall–Kier alpha value is -3.59. The highest BCUT2D eigenvalue weighted by molar-refractivity contribution is 6.30. The number of aromatic nitrogens is 3. The van der Waals surface area contributed by atoms with Gasteiger partial charge in [-0.05, 0) is 43.5 Å². The molecule has 3 amide bonds. The molecule has 1 atom stereocenters. The van der Waals surface area contributed by atoms with E-state index in [0.29, 0.717) is 28.1 Å². The van der Waals surface area contributed by atoms with Crippen LogP contribution in [0.2, 0.25) is 5.02 Å². The second-order valence-electron chi connectivity index (χ2n) is 7.67. The van der Waals surface area contributed by atoms with Crippen LogP contribution in [0.3, 0.4) is 0 Å². The van der Waals surface area contributed by atoms with Gasteiger partial charge in [-0.1, -0.05) is 23.7 Å². The maximum atomic E-state index is 11.9. The average Bonchev–Trinajstić information content (AvgIpc) is 3.37. The van der Waals surface area contributed by atoms with Crippen molar-refractivity contribution in [3.05, 3.63) is 58.4 Å². The van der Waals surface area contributed by atoms with Crippen LogP contribution in [0.15, 0.2) is 42.2 Å². The fraction of sp³-hybridized carbons (Fsp3) is 0.238. The van der Waals surface area contributed by atoms with E-state index in [1.807, 2.05) is 37.3 Å². The van der Waals surface area contributed by atoms with Gasteiger partial charge in [-0.2, -0.15) is 9.61 Å². The average molecular weight is 438 g/mol. The van der Waals surface area contributed by atoms with Crippen LogP contribution >= 0.6 is 11.6 Å². The van der Waals surface area contributed by atoms with Crippen molar-refractivity contribution in [2.75, 3.05) is 10.6 Å². The molecule has 0 spiro atoms. The van der Waals surface area contributed by atoms with Crippen molar-refractivity contribution in [3.63, 3.8) is 0 Å². The van der Waals surface area contributed by atoms with Crippen LogP contribution in [0.25, 0.3) is 11.7 Å². The summed E-state index contributed by atoms with van der Waals surface area (Å²) in [6.45, 7) is 2.03. The third kappa shape index (κ3) is 4.04. The van der Waals surface area contributed by atoms with E-state index in [1.54, 1.807) is 16.8 Å². The molecule has 31 heavy (non-hydrogen) atoms. The van der Waals surface area contributed by atoms with Crippen LogP contribution in [0.5, 0.6) is 0 Å². The molecule has 2 aromatic heterocycles. The summed E-state index contributed by atoms with van der Waals surface area (Å²) in [7, 11) is 0. The molecular weight excluding hydrogens is 418 g/mol. The molecule has 1 aliphatic carbocycles. The normalized spacial score (nSPS) is 18.2. The zero-order chi connectivity index (χ0) is 21.5. The summed E-state index contributed by atoms with van der Waals surface area (Å²) in [6, 6.07) is 9.41. The topological polar surface area (TPSA) is 112 Å². The fourth-order valence-corrected chi connectivity index (χ4v) is 3.61. The quantitative estimate of drug-likeness (QED) is 0.347. The van der Waals surface area contributed by atoms with Gasteiger partial charge in [0.2, 0.25) is 0 Å². The zero-order valence-corrected chi connectivity index (χ0v) is 17.4. The molecule has 4 N–H and O–H groups in total. The highest BCUT2D eigenvalue weighted by Crippen LogP contribution is 2.29. The predicted octanol–water partition coefficient (Wildman–Crippen LogP) is 3.31. The summed E-state index contributed by atoms with van der Waals surface area (Å²) in [6.07, 6.45) is 5.40. The van der Waals surface area contributed by atoms with E-state index in [1.165, 1.54) is 0 Å². The number of rotatable bonds is 6. The fourth-order valence-electron chi connectivity index (χ4n) is 3.41. The van der Waals surface area contributed by atoms with Crippen molar-refractivity contribution in [2.45, 2.75) is 31.8 Å². The number of imide groups is 1. The monoisotopic (exact) mass is 437 g/mol. The number of fused-ring (bicyclic) bond motifs is 1. The smallest absolute Gasteiger partial charge is 0.326 e. The number of amides is 3. The Bertz CT molecular complexity index is 1230. The van der Waals surface area contributed by atoms with Gasteiger partial charge in [-0.3, -0.25) is 10.1 Å². The first-order valence-electron chi connectivity index (χ1n) is 9.97. The van der Waals surface area contributed by atoms with E-state index < -0.39 is 11.9 Å². The van der Waals surface area contributed by atoms with Crippen LogP contribution < -0.4 is 21.3 Å². The Morgan fingerprint density at radius 3 is 2.81 bits per heavy atom. The largest absolute Gasteiger partial charge is 0.367 e. The van der Waals surface area contributed by atoms with Crippen molar-refractivity contribution in [3.8, 4) is 0 Å². The van der Waals surface area contributed by atoms with Crippen LogP contribution in [-0.4, -0.2) is 32.6 Å². The molecule has 3 aromatic rings. The molecule has 1 aromatic carbocycles. The first-order valence-corrected chi connectivity index (χ1v) is 10.4. The minimum atomic E-state index is -0.547. The minimum absolute atomic E-state index is 0.0351. The number of hydrogen-bond donors (Lipinski definition) is 4. The lowest BCUT2D eigenvalue weighted by atomic mass is 10.1. The number of nitrogens with zero attached hydrogens (tertiary/aromatic N) is 3. The van der Waals surface area contributed by atoms with E-state index in [0.717, 1.165) is 24.2 Å². The Labute approximate surface area is 182 Å². The van der Waals surface area contributed by atoms with Crippen LogP contribution in [-0.2, 0) is 4.79 Å². The summed E-state index contributed by atoms with van der Waals surface area (Å²) in [5.74, 6) is 0.977. The molecule has 10 heteroatoms. The van der Waals surface area contributed by atoms with E-state index in [9.17, 15) is 9.59 Å². The Morgan fingerprint density at radius 2 is 2.10 bits per heavy atom. The molecule has 2 aliphatic rings. The van der Waals surface area contributed by atoms with E-state index in [-0.39, 0.29) is 11.7 Å². The molecule has 2 fully saturated rings. The molecule has 1 saturated carbocycles. The first kappa shape index (κ1) is 19.4. The maximum Gasteiger partial charge on any atom is 0.326 e. The van der Waals surface area contributed by atoms with Crippen LogP contribution in [0.1, 0.15) is 36.9 Å². The number of nitrogens with one attached hydrogen (secondary N) is 4. The number of carbonyl (C=O) groups is 2. The van der Waals surface area contributed by atoms with Gasteiger partial charge in [0.25, 0.3) is 5.91 Å². The molecule has 158 valence electrons. The molecule has 1 saturated heterocycles. The third-order valence-corrected chi connectivity index (χ3v) is 5.40. The number of carbonyl (C=O) groups excluding carboxylic acids is 2. The Morgan fingerprint density at radius 1 is 1.26 bits per heavy atom. The lowest BCUT2D eigenvalue weighted by Gasteiger charge is -2.17. The number of anilines is 2. The van der Waals surface area contributed by atoms with Crippen molar-refractivity contribution in [2.24, 2.45) is 0 Å². The van der Waals surface area contributed by atoms with Gasteiger partial charge in [-0.15, -0.1) is 0 Å². The number of benzene rings is 1. The Balaban J connectivity index is 1.53. The molecule has 1 aliphatic heterocycles. The van der Waals surface area contributed by atoms with Gasteiger partial charge in [0.15, 0.2) is 5.65 Å². The lowest BCUT2D eigenvalue weighted by molar-refractivity contribution is -0.115. The molecule has 5 rings (SSSR count). The van der Waals surface area contributed by atoms with Gasteiger partial charge in [-0.25, -0.2) is 9.78 Å². The standard InChI is InChI=1S/C21H20ClN7O2/c1-11(12-3-2-4-14(22)7-12)24-17-9-18(25-15-5-6-15)29-19(27-17)13(10-23-29)8-16-20(30)28-21(31)26-16/h2-4,7-11,15,25H,5-6H2,1H3,(H,24,27)(H2,26,28,30,31)/b16-8+. The van der Waals surface area contributed by atoms with E-state index in [4.69, 9.17) is 16.6 Å². The van der Waals surface area contributed by atoms with E-state index in [2.05, 4.69) is 26.4 Å². The molecule has 0 bridgehead atoms. The van der Waals surface area contributed by atoms with Crippen molar-refractivity contribution in [1.82, 2.24) is 25.2 Å². The predicted molar refractivity (Wildman–Crippen MR) is 118 cm³/mol. The van der Waals surface area contributed by atoms with E-state index >= 15 is 0 Å². The Kier molecular flexibility index (Phi) is 4.74. The van der Waals surface area contributed by atoms with Gasteiger partial charge in [0.1, 0.15) is 17.3 Å². The van der Waals surface area contributed by atoms with Gasteiger partial charge < -0.3 is 16.0 Å². The van der Waals surface area contributed by atoms with Gasteiger partial charge in [0, 0.05) is 28.7 Å². The summed E-state index contributed by atoms with van der Waals surface area (Å²) < 4.78 is 1.70. The highest BCUT2D eigenvalue weighted by Gasteiger charge is 2.25. The van der Waals surface area contributed by atoms with Crippen LogP contribution in [0.4, 0.5) is 16.4 Å². The molecule has 1 unspecified atom stereocenters. The second-order valence-corrected chi connectivity index (χ2v) is 8.10. The van der Waals surface area contributed by atoms with Gasteiger partial charge >= 0.3 is 6.03 Å². The van der Waals surface area contributed by atoms with Gasteiger partial charge in [0.05, 0.1) is 6.20 Å². The number of hydrogen-bond acceptors (Lipinski definition) is 6. The molecule has 0 radical (unpaired) electrons. The highest BCUT2D eigenvalue weighted by atomic mass is 35.5. The maximum absolute atomic E-state index is 11.9. The zero-order valence-electron chi connectivity index (χ0n) is 16.6. The second kappa shape index (κ2) is 7.59. The van der Waals surface area contributed by atoms with Crippen molar-refractivity contribution >= 4 is 46.9 Å². The number of halogens is 1. The van der Waals surface area contributed by atoms with Crippen LogP contribution in [0, 0.1) is 0 Å².